The predicted octanol–water partition coefficient (Wildman–Crippen LogP) is 4.46. The molecule has 0 radical (unpaired) electrons. The number of aryl methyl sites for hydroxylation is 2. The first-order chi connectivity index (χ1) is 10.0. The lowest BCUT2D eigenvalue weighted by molar-refractivity contribution is -0.0309. The van der Waals surface area contributed by atoms with Gasteiger partial charge in [-0.15, -0.1) is 0 Å². The van der Waals surface area contributed by atoms with Gasteiger partial charge in [0.2, 0.25) is 0 Å². The van der Waals surface area contributed by atoms with Crippen molar-refractivity contribution in [2.75, 3.05) is 0 Å². The molecule has 0 aromatic heterocycles. The molecule has 1 heteroatoms. The van der Waals surface area contributed by atoms with E-state index in [0.29, 0.717) is 5.92 Å². The number of aliphatic hydroxyl groups is 1. The summed E-state index contributed by atoms with van der Waals surface area (Å²) in [5.74, 6) is 2.78. The van der Waals surface area contributed by atoms with Crippen molar-refractivity contribution in [3.8, 4) is 0 Å². The molecule has 2 fully saturated rings. The van der Waals surface area contributed by atoms with Gasteiger partial charge in [-0.25, -0.2) is 0 Å². The molecule has 1 N–H and O–H groups in total. The Bertz CT molecular complexity index is 563. The Hall–Kier alpha value is -0.820. The van der Waals surface area contributed by atoms with E-state index < -0.39 is 0 Å². The predicted molar refractivity (Wildman–Crippen MR) is 86.3 cm³/mol. The van der Waals surface area contributed by atoms with E-state index in [1.54, 1.807) is 11.1 Å². The van der Waals surface area contributed by atoms with Crippen LogP contribution in [0, 0.1) is 30.1 Å². The van der Waals surface area contributed by atoms with Crippen LogP contribution in [0.3, 0.4) is 0 Å². The first-order valence-corrected chi connectivity index (χ1v) is 8.78. The summed E-state index contributed by atoms with van der Waals surface area (Å²) in [6, 6.07) is 7.10. The van der Waals surface area contributed by atoms with E-state index in [2.05, 4.69) is 39.0 Å². The monoisotopic (exact) mass is 284 g/mol. The van der Waals surface area contributed by atoms with Crippen LogP contribution in [0.15, 0.2) is 18.2 Å². The fourth-order valence-electron chi connectivity index (χ4n) is 6.05. The van der Waals surface area contributed by atoms with Crippen molar-refractivity contribution in [3.05, 3.63) is 34.9 Å². The van der Waals surface area contributed by atoms with Crippen molar-refractivity contribution in [3.63, 3.8) is 0 Å². The third-order valence-electron chi connectivity index (χ3n) is 7.16. The topological polar surface area (TPSA) is 20.2 Å². The number of rotatable bonds is 0. The Balaban J connectivity index is 1.71. The molecule has 114 valence electrons. The summed E-state index contributed by atoms with van der Waals surface area (Å²) in [7, 11) is 0. The molecule has 0 spiro atoms. The van der Waals surface area contributed by atoms with Crippen molar-refractivity contribution in [2.24, 2.45) is 23.2 Å². The fraction of sp³-hybridized carbons (Fsp3) is 0.700. The molecule has 5 unspecified atom stereocenters. The maximum absolute atomic E-state index is 10.7. The highest BCUT2D eigenvalue weighted by Crippen LogP contribution is 2.62. The quantitative estimate of drug-likeness (QED) is 0.746. The second-order valence-corrected chi connectivity index (χ2v) is 8.32. The van der Waals surface area contributed by atoms with Gasteiger partial charge in [-0.2, -0.15) is 0 Å². The van der Waals surface area contributed by atoms with Gasteiger partial charge in [0.25, 0.3) is 0 Å². The van der Waals surface area contributed by atoms with E-state index >= 15 is 0 Å². The van der Waals surface area contributed by atoms with Crippen LogP contribution >= 0.6 is 0 Å². The van der Waals surface area contributed by atoms with Crippen molar-refractivity contribution in [2.45, 2.75) is 64.9 Å². The van der Waals surface area contributed by atoms with Gasteiger partial charge in [-0.3, -0.25) is 0 Å². The number of hydrogen-bond acceptors (Lipinski definition) is 1. The van der Waals surface area contributed by atoms with Gasteiger partial charge in [0.1, 0.15) is 0 Å². The normalized spacial score (nSPS) is 44.9. The summed E-state index contributed by atoms with van der Waals surface area (Å²) in [5, 5.41) is 10.7. The molecule has 6 atom stereocenters. The summed E-state index contributed by atoms with van der Waals surface area (Å²) < 4.78 is 0. The molecule has 0 aliphatic heterocycles. The summed E-state index contributed by atoms with van der Waals surface area (Å²) in [4.78, 5) is 0. The molecule has 0 saturated heterocycles. The Morgan fingerprint density at radius 3 is 2.86 bits per heavy atom. The smallest absolute Gasteiger partial charge is 0.0622 e. The van der Waals surface area contributed by atoms with Crippen LogP contribution in [0.25, 0.3) is 0 Å². The van der Waals surface area contributed by atoms with Crippen LogP contribution in [0.2, 0.25) is 0 Å². The molecule has 1 aromatic carbocycles. The van der Waals surface area contributed by atoms with E-state index in [1.165, 1.54) is 37.7 Å². The zero-order chi connectivity index (χ0) is 14.8. The van der Waals surface area contributed by atoms with E-state index in [9.17, 15) is 5.11 Å². The van der Waals surface area contributed by atoms with Crippen LogP contribution in [-0.4, -0.2) is 11.2 Å². The lowest BCUT2D eigenvalue weighted by atomic mass is 9.55. The molecule has 1 nitrogen and oxygen atoms in total. The molecule has 0 amide bonds. The van der Waals surface area contributed by atoms with Gasteiger partial charge in [-0.05, 0) is 79.2 Å². The zero-order valence-electron chi connectivity index (χ0n) is 13.6. The molecular formula is C20H28O. The first kappa shape index (κ1) is 13.8. The van der Waals surface area contributed by atoms with E-state index in [4.69, 9.17) is 0 Å². The SMILES string of the molecule is Cc1ccc2c(c1)CCC1C2CC[C@]2(C)C(O)C(C)CC12. The van der Waals surface area contributed by atoms with Crippen molar-refractivity contribution >= 4 is 0 Å². The van der Waals surface area contributed by atoms with E-state index in [1.807, 2.05) is 0 Å². The maximum Gasteiger partial charge on any atom is 0.0622 e. The average Bonchev–Trinajstić information content (AvgIpc) is 2.70. The van der Waals surface area contributed by atoms with Gasteiger partial charge >= 0.3 is 0 Å². The van der Waals surface area contributed by atoms with Crippen LogP contribution in [0.1, 0.15) is 62.1 Å². The molecule has 3 aliphatic rings. The second-order valence-electron chi connectivity index (χ2n) is 8.32. The number of aliphatic hydroxyl groups excluding tert-OH is 1. The van der Waals surface area contributed by atoms with Gasteiger partial charge in [0.15, 0.2) is 0 Å². The van der Waals surface area contributed by atoms with E-state index in [-0.39, 0.29) is 11.5 Å². The first-order valence-electron chi connectivity index (χ1n) is 8.78. The van der Waals surface area contributed by atoms with Gasteiger partial charge in [0.05, 0.1) is 6.10 Å². The summed E-state index contributed by atoms with van der Waals surface area (Å²) in [6.45, 7) is 6.83. The maximum atomic E-state index is 10.7. The molecule has 4 rings (SSSR count). The minimum atomic E-state index is -0.0807. The molecular weight excluding hydrogens is 256 g/mol. The Kier molecular flexibility index (Phi) is 3.02. The third-order valence-corrected chi connectivity index (χ3v) is 7.16. The van der Waals surface area contributed by atoms with Crippen LogP contribution < -0.4 is 0 Å². The van der Waals surface area contributed by atoms with Crippen LogP contribution in [0.5, 0.6) is 0 Å². The Labute approximate surface area is 128 Å². The molecule has 0 bridgehead atoms. The van der Waals surface area contributed by atoms with Gasteiger partial charge in [-0.1, -0.05) is 37.6 Å². The second kappa shape index (κ2) is 4.59. The van der Waals surface area contributed by atoms with Crippen molar-refractivity contribution in [1.29, 1.82) is 0 Å². The summed E-state index contributed by atoms with van der Waals surface area (Å²) in [6.07, 6.45) is 6.22. The average molecular weight is 284 g/mol. The number of fused-ring (bicyclic) bond motifs is 5. The largest absolute Gasteiger partial charge is 0.392 e. The number of hydrogen-bond donors (Lipinski definition) is 1. The van der Waals surface area contributed by atoms with Gasteiger partial charge < -0.3 is 5.11 Å². The van der Waals surface area contributed by atoms with Crippen LogP contribution in [-0.2, 0) is 6.42 Å². The fourth-order valence-corrected chi connectivity index (χ4v) is 6.05. The number of benzene rings is 1. The highest BCUT2D eigenvalue weighted by atomic mass is 16.3. The summed E-state index contributed by atoms with van der Waals surface area (Å²) in [5.41, 5.74) is 4.82. The molecule has 2 saturated carbocycles. The standard InChI is InChI=1S/C20H28O/c1-12-4-6-15-14(10-12)5-7-17-16(15)8-9-20(3)18(17)11-13(2)19(20)21/h4,6,10,13,16-19,21H,5,7-9,11H2,1-3H3/t13?,16?,17?,18?,19?,20-/m0/s1. The molecule has 3 aliphatic carbocycles. The Morgan fingerprint density at radius 1 is 1.24 bits per heavy atom. The molecule has 0 heterocycles. The Morgan fingerprint density at radius 2 is 2.05 bits per heavy atom. The minimum Gasteiger partial charge on any atom is -0.392 e. The highest BCUT2D eigenvalue weighted by Gasteiger charge is 2.56. The van der Waals surface area contributed by atoms with Gasteiger partial charge in [0, 0.05) is 0 Å². The molecule has 21 heavy (non-hydrogen) atoms. The zero-order valence-corrected chi connectivity index (χ0v) is 13.6. The highest BCUT2D eigenvalue weighted by molar-refractivity contribution is 5.37. The van der Waals surface area contributed by atoms with Crippen molar-refractivity contribution in [1.82, 2.24) is 0 Å². The van der Waals surface area contributed by atoms with Crippen LogP contribution in [0.4, 0.5) is 0 Å². The van der Waals surface area contributed by atoms with E-state index in [0.717, 1.165) is 17.8 Å². The molecule has 1 aromatic rings. The lowest BCUT2D eigenvalue weighted by Crippen LogP contribution is -2.44. The minimum absolute atomic E-state index is 0.0807. The lowest BCUT2D eigenvalue weighted by Gasteiger charge is -2.50. The van der Waals surface area contributed by atoms with Crippen molar-refractivity contribution < 1.29 is 5.11 Å². The summed E-state index contributed by atoms with van der Waals surface area (Å²) >= 11 is 0. The third kappa shape index (κ3) is 1.86.